The Hall–Kier alpha value is -1.77. The second-order valence-electron chi connectivity index (χ2n) is 4.48. The minimum Gasteiger partial charge on any atom is -0.429 e. The molecule has 0 saturated carbocycles. The first-order valence-electron chi connectivity index (χ1n) is 5.84. The Morgan fingerprint density at radius 3 is 2.53 bits per heavy atom. The summed E-state index contributed by atoms with van der Waals surface area (Å²) in [6.07, 6.45) is 1.84. The lowest BCUT2D eigenvalue weighted by Crippen LogP contribution is -1.96. The fourth-order valence-corrected chi connectivity index (χ4v) is 2.06. The highest BCUT2D eigenvalue weighted by Crippen LogP contribution is 2.16. The smallest absolute Gasteiger partial charge is 0.292 e. The summed E-state index contributed by atoms with van der Waals surface area (Å²) in [5.41, 5.74) is 10.5. The van der Waals surface area contributed by atoms with Crippen LogP contribution in [-0.4, -0.2) is 4.98 Å². The summed E-state index contributed by atoms with van der Waals surface area (Å²) in [7, 11) is 0. The third kappa shape index (κ3) is 2.67. The van der Waals surface area contributed by atoms with Crippen molar-refractivity contribution in [2.75, 3.05) is 5.73 Å². The van der Waals surface area contributed by atoms with E-state index >= 15 is 0 Å². The van der Waals surface area contributed by atoms with Crippen LogP contribution < -0.4 is 5.73 Å². The van der Waals surface area contributed by atoms with Gasteiger partial charge >= 0.3 is 0 Å². The van der Waals surface area contributed by atoms with Crippen LogP contribution >= 0.6 is 0 Å². The number of nitrogen functional groups attached to an aromatic ring is 1. The van der Waals surface area contributed by atoms with E-state index < -0.39 is 0 Å². The first kappa shape index (κ1) is 11.7. The van der Waals surface area contributed by atoms with Crippen LogP contribution in [0.25, 0.3) is 0 Å². The Labute approximate surface area is 102 Å². The Kier molecular flexibility index (Phi) is 3.18. The zero-order chi connectivity index (χ0) is 12.4. The topological polar surface area (TPSA) is 52.0 Å². The number of nitrogens with two attached hydrogens (primary N) is 1. The molecule has 0 saturated heterocycles. The molecule has 0 spiro atoms. The van der Waals surface area contributed by atoms with E-state index in [1.807, 2.05) is 6.92 Å². The van der Waals surface area contributed by atoms with Crippen molar-refractivity contribution in [1.82, 2.24) is 4.98 Å². The molecule has 90 valence electrons. The van der Waals surface area contributed by atoms with E-state index in [9.17, 15) is 0 Å². The molecule has 1 aromatic carbocycles. The van der Waals surface area contributed by atoms with Gasteiger partial charge in [0.15, 0.2) is 0 Å². The van der Waals surface area contributed by atoms with Crippen LogP contribution in [0.1, 0.15) is 28.1 Å². The third-order valence-corrected chi connectivity index (χ3v) is 3.04. The first-order valence-corrected chi connectivity index (χ1v) is 5.84. The number of hydrogen-bond acceptors (Lipinski definition) is 3. The van der Waals surface area contributed by atoms with Gasteiger partial charge in [-0.2, -0.15) is 4.98 Å². The normalized spacial score (nSPS) is 10.8. The summed E-state index contributed by atoms with van der Waals surface area (Å²) in [6.45, 7) is 6.16. The molecule has 2 N–H and O–H groups in total. The van der Waals surface area contributed by atoms with Gasteiger partial charge in [-0.15, -0.1) is 0 Å². The van der Waals surface area contributed by atoms with Crippen molar-refractivity contribution >= 4 is 6.01 Å². The van der Waals surface area contributed by atoms with Crippen molar-refractivity contribution in [2.45, 2.75) is 33.6 Å². The molecule has 0 aliphatic heterocycles. The average Bonchev–Trinajstić information content (AvgIpc) is 2.56. The molecule has 1 heterocycles. The molecule has 1 aromatic heterocycles. The van der Waals surface area contributed by atoms with Gasteiger partial charge in [0.2, 0.25) is 0 Å². The quantitative estimate of drug-likeness (QED) is 0.882. The Balaban J connectivity index is 2.10. The standard InChI is InChI=1S/C14H18N2O/c1-9-4-5-12(10(2)8-9)6-7-13-11(3)17-14(15)16-13/h4-5,8H,6-7H2,1-3H3,(H2,15,16). The van der Waals surface area contributed by atoms with Crippen molar-refractivity contribution in [1.29, 1.82) is 0 Å². The van der Waals surface area contributed by atoms with Crippen LogP contribution in [-0.2, 0) is 12.8 Å². The van der Waals surface area contributed by atoms with Gasteiger partial charge in [0, 0.05) is 0 Å². The number of nitrogens with zero attached hydrogens (tertiary/aromatic N) is 1. The van der Waals surface area contributed by atoms with Crippen LogP contribution in [0.5, 0.6) is 0 Å². The molecule has 0 atom stereocenters. The zero-order valence-electron chi connectivity index (χ0n) is 10.6. The van der Waals surface area contributed by atoms with Gasteiger partial charge in [0.1, 0.15) is 5.76 Å². The second kappa shape index (κ2) is 4.62. The predicted octanol–water partition coefficient (Wildman–Crippen LogP) is 2.97. The van der Waals surface area contributed by atoms with Gasteiger partial charge in [-0.05, 0) is 44.7 Å². The Bertz CT molecular complexity index is 529. The Morgan fingerprint density at radius 1 is 1.18 bits per heavy atom. The molecular weight excluding hydrogens is 212 g/mol. The van der Waals surface area contributed by atoms with E-state index in [0.29, 0.717) is 0 Å². The first-order chi connectivity index (χ1) is 8.06. The van der Waals surface area contributed by atoms with E-state index in [2.05, 4.69) is 37.0 Å². The van der Waals surface area contributed by atoms with E-state index in [-0.39, 0.29) is 6.01 Å². The van der Waals surface area contributed by atoms with Crippen molar-refractivity contribution < 1.29 is 4.42 Å². The maximum Gasteiger partial charge on any atom is 0.292 e. The molecule has 2 aromatic rings. The highest BCUT2D eigenvalue weighted by Gasteiger charge is 2.08. The summed E-state index contributed by atoms with van der Waals surface area (Å²) in [6, 6.07) is 6.80. The molecule has 3 nitrogen and oxygen atoms in total. The molecule has 0 radical (unpaired) electrons. The maximum absolute atomic E-state index is 5.52. The molecule has 3 heteroatoms. The number of benzene rings is 1. The summed E-state index contributed by atoms with van der Waals surface area (Å²) in [5.74, 6) is 0.826. The summed E-state index contributed by atoms with van der Waals surface area (Å²) < 4.78 is 5.22. The number of hydrogen-bond donors (Lipinski definition) is 1. The number of oxazole rings is 1. The van der Waals surface area contributed by atoms with Crippen molar-refractivity contribution in [3.8, 4) is 0 Å². The monoisotopic (exact) mass is 230 g/mol. The van der Waals surface area contributed by atoms with E-state index in [0.717, 1.165) is 24.3 Å². The maximum atomic E-state index is 5.52. The molecule has 0 aliphatic rings. The van der Waals surface area contributed by atoms with Crippen LogP contribution in [0.2, 0.25) is 0 Å². The fourth-order valence-electron chi connectivity index (χ4n) is 2.06. The molecule has 17 heavy (non-hydrogen) atoms. The molecular formula is C14H18N2O. The minimum atomic E-state index is 0.262. The predicted molar refractivity (Wildman–Crippen MR) is 69.0 cm³/mol. The third-order valence-electron chi connectivity index (χ3n) is 3.04. The van der Waals surface area contributed by atoms with E-state index in [1.54, 1.807) is 0 Å². The number of rotatable bonds is 3. The van der Waals surface area contributed by atoms with Crippen molar-refractivity contribution in [2.24, 2.45) is 0 Å². The molecule has 0 amide bonds. The van der Waals surface area contributed by atoms with Crippen LogP contribution in [0.15, 0.2) is 22.6 Å². The van der Waals surface area contributed by atoms with Crippen molar-refractivity contribution in [3.05, 3.63) is 46.3 Å². The SMILES string of the molecule is Cc1ccc(CCc2nc(N)oc2C)c(C)c1. The van der Waals surface area contributed by atoms with Gasteiger partial charge < -0.3 is 10.2 Å². The highest BCUT2D eigenvalue weighted by atomic mass is 16.4. The highest BCUT2D eigenvalue weighted by molar-refractivity contribution is 5.31. The number of anilines is 1. The lowest BCUT2D eigenvalue weighted by atomic mass is 10.0. The van der Waals surface area contributed by atoms with Crippen molar-refractivity contribution in [3.63, 3.8) is 0 Å². The van der Waals surface area contributed by atoms with Gasteiger partial charge in [0.05, 0.1) is 5.69 Å². The van der Waals surface area contributed by atoms with Crippen LogP contribution in [0.3, 0.4) is 0 Å². The fraction of sp³-hybridized carbons (Fsp3) is 0.357. The zero-order valence-corrected chi connectivity index (χ0v) is 10.6. The summed E-state index contributed by atoms with van der Waals surface area (Å²) in [4.78, 5) is 4.18. The Morgan fingerprint density at radius 2 is 1.94 bits per heavy atom. The molecule has 0 bridgehead atoms. The average molecular weight is 230 g/mol. The molecule has 2 rings (SSSR count). The second-order valence-corrected chi connectivity index (χ2v) is 4.48. The molecule has 0 aliphatic carbocycles. The van der Waals surface area contributed by atoms with E-state index in [1.165, 1.54) is 16.7 Å². The molecule has 0 unspecified atom stereocenters. The minimum absolute atomic E-state index is 0.262. The lowest BCUT2D eigenvalue weighted by Gasteiger charge is -2.05. The van der Waals surface area contributed by atoms with Crippen LogP contribution in [0, 0.1) is 20.8 Å². The summed E-state index contributed by atoms with van der Waals surface area (Å²) in [5, 5.41) is 0. The van der Waals surface area contributed by atoms with Gasteiger partial charge in [-0.3, -0.25) is 0 Å². The molecule has 0 fully saturated rings. The number of aromatic nitrogens is 1. The van der Waals surface area contributed by atoms with Crippen LogP contribution in [0.4, 0.5) is 6.01 Å². The van der Waals surface area contributed by atoms with Gasteiger partial charge in [-0.1, -0.05) is 23.8 Å². The van der Waals surface area contributed by atoms with E-state index in [4.69, 9.17) is 10.2 Å². The van der Waals surface area contributed by atoms with Gasteiger partial charge in [0.25, 0.3) is 6.01 Å². The lowest BCUT2D eigenvalue weighted by molar-refractivity contribution is 0.544. The largest absolute Gasteiger partial charge is 0.429 e. The summed E-state index contributed by atoms with van der Waals surface area (Å²) >= 11 is 0. The van der Waals surface area contributed by atoms with Gasteiger partial charge in [-0.25, -0.2) is 0 Å². The number of aryl methyl sites for hydroxylation is 5.